The van der Waals surface area contributed by atoms with E-state index in [9.17, 15) is 5.26 Å². The first-order chi connectivity index (χ1) is 9.24. The zero-order valence-electron chi connectivity index (χ0n) is 11.3. The number of nitriles is 1. The normalized spacial score (nSPS) is 11.6. The van der Waals surface area contributed by atoms with Gasteiger partial charge in [0.05, 0.1) is 19.1 Å². The van der Waals surface area contributed by atoms with Crippen LogP contribution in [0.15, 0.2) is 48.5 Å². The Hall–Kier alpha value is -2.27. The van der Waals surface area contributed by atoms with Crippen molar-refractivity contribution >= 4 is 0 Å². The summed E-state index contributed by atoms with van der Waals surface area (Å²) in [6.45, 7) is 2.06. The van der Waals surface area contributed by atoms with Gasteiger partial charge in [0.25, 0.3) is 0 Å². The summed E-state index contributed by atoms with van der Waals surface area (Å²) in [5.74, 6) is 0.597. The van der Waals surface area contributed by atoms with Crippen LogP contribution in [-0.2, 0) is 6.42 Å². The molecule has 2 aromatic rings. The molecule has 0 fully saturated rings. The molecule has 19 heavy (non-hydrogen) atoms. The Balaban J connectivity index is 2.25. The quantitative estimate of drug-likeness (QED) is 0.826. The van der Waals surface area contributed by atoms with Crippen molar-refractivity contribution in [3.05, 3.63) is 65.2 Å². The molecular formula is C17H17NO. The van der Waals surface area contributed by atoms with Crippen molar-refractivity contribution in [1.82, 2.24) is 0 Å². The highest BCUT2D eigenvalue weighted by atomic mass is 16.5. The summed E-state index contributed by atoms with van der Waals surface area (Å²) in [4.78, 5) is 0. The van der Waals surface area contributed by atoms with Crippen LogP contribution in [0.2, 0.25) is 0 Å². The molecule has 1 atom stereocenters. The Labute approximate surface area is 114 Å². The van der Waals surface area contributed by atoms with E-state index in [4.69, 9.17) is 4.74 Å². The van der Waals surface area contributed by atoms with E-state index in [1.54, 1.807) is 7.11 Å². The lowest BCUT2D eigenvalue weighted by Gasteiger charge is -2.13. The minimum Gasteiger partial charge on any atom is -0.496 e. The molecule has 2 heteroatoms. The number of ether oxygens (including phenoxy) is 1. The topological polar surface area (TPSA) is 33.0 Å². The van der Waals surface area contributed by atoms with Gasteiger partial charge in [0, 0.05) is 5.56 Å². The molecule has 0 saturated heterocycles. The van der Waals surface area contributed by atoms with Crippen LogP contribution in [0.5, 0.6) is 5.75 Å². The average Bonchev–Trinajstić information content (AvgIpc) is 2.46. The lowest BCUT2D eigenvalue weighted by atomic mass is 9.92. The fourth-order valence-electron chi connectivity index (χ4n) is 2.14. The van der Waals surface area contributed by atoms with Crippen molar-refractivity contribution in [2.75, 3.05) is 7.11 Å². The lowest BCUT2D eigenvalue weighted by Crippen LogP contribution is -2.03. The smallest absolute Gasteiger partial charge is 0.123 e. The first kappa shape index (κ1) is 13.2. The van der Waals surface area contributed by atoms with Crippen molar-refractivity contribution in [1.29, 1.82) is 5.26 Å². The Morgan fingerprint density at radius 1 is 1.11 bits per heavy atom. The predicted molar refractivity (Wildman–Crippen MR) is 76.2 cm³/mol. The molecule has 0 aromatic heterocycles. The molecule has 0 N–H and O–H groups in total. The molecule has 96 valence electrons. The van der Waals surface area contributed by atoms with Crippen molar-refractivity contribution in [2.45, 2.75) is 19.3 Å². The summed E-state index contributed by atoms with van der Waals surface area (Å²) < 4.78 is 5.33. The van der Waals surface area contributed by atoms with Gasteiger partial charge in [-0.05, 0) is 25.0 Å². The van der Waals surface area contributed by atoms with E-state index >= 15 is 0 Å². The van der Waals surface area contributed by atoms with Gasteiger partial charge in [-0.3, -0.25) is 0 Å². The van der Waals surface area contributed by atoms with Crippen molar-refractivity contribution < 1.29 is 4.74 Å². The molecule has 0 aliphatic heterocycles. The van der Waals surface area contributed by atoms with E-state index in [0.29, 0.717) is 6.42 Å². The van der Waals surface area contributed by atoms with Gasteiger partial charge in [-0.25, -0.2) is 0 Å². The lowest BCUT2D eigenvalue weighted by molar-refractivity contribution is 0.408. The van der Waals surface area contributed by atoms with Crippen LogP contribution < -0.4 is 4.74 Å². The molecule has 2 aromatic carbocycles. The minimum atomic E-state index is -0.182. The molecule has 0 aliphatic rings. The van der Waals surface area contributed by atoms with Crippen molar-refractivity contribution in [3.8, 4) is 11.8 Å². The zero-order chi connectivity index (χ0) is 13.7. The maximum absolute atomic E-state index is 9.41. The third-order valence-electron chi connectivity index (χ3n) is 3.23. The number of benzene rings is 2. The monoisotopic (exact) mass is 251 g/mol. The summed E-state index contributed by atoms with van der Waals surface area (Å²) in [5, 5.41) is 9.41. The number of hydrogen-bond acceptors (Lipinski definition) is 2. The van der Waals surface area contributed by atoms with Gasteiger partial charge in [-0.2, -0.15) is 5.26 Å². The van der Waals surface area contributed by atoms with E-state index < -0.39 is 0 Å². The van der Waals surface area contributed by atoms with Crippen molar-refractivity contribution in [3.63, 3.8) is 0 Å². The van der Waals surface area contributed by atoms with Crippen LogP contribution in [-0.4, -0.2) is 7.11 Å². The van der Waals surface area contributed by atoms with Gasteiger partial charge in [0.15, 0.2) is 0 Å². The summed E-state index contributed by atoms with van der Waals surface area (Å²) >= 11 is 0. The van der Waals surface area contributed by atoms with Gasteiger partial charge >= 0.3 is 0 Å². The van der Waals surface area contributed by atoms with Crippen LogP contribution >= 0.6 is 0 Å². The van der Waals surface area contributed by atoms with E-state index in [1.165, 1.54) is 11.1 Å². The molecule has 2 rings (SSSR count). The standard InChI is InChI=1S/C17H17NO/c1-13-7-9-14(10-8-13)11-15(12-18)16-5-3-4-6-17(16)19-2/h3-10,15H,11H2,1-2H3. The molecule has 0 amide bonds. The number of hydrogen-bond donors (Lipinski definition) is 0. The maximum Gasteiger partial charge on any atom is 0.123 e. The molecule has 0 bridgehead atoms. The predicted octanol–water partition coefficient (Wildman–Crippen LogP) is 3.85. The first-order valence-corrected chi connectivity index (χ1v) is 6.32. The van der Waals surface area contributed by atoms with Crippen LogP contribution in [0, 0.1) is 18.3 Å². The summed E-state index contributed by atoms with van der Waals surface area (Å²) in [7, 11) is 1.64. The fraction of sp³-hybridized carbons (Fsp3) is 0.235. The SMILES string of the molecule is COc1ccccc1C(C#N)Cc1ccc(C)cc1. The number of aryl methyl sites for hydroxylation is 1. The molecule has 0 saturated carbocycles. The Bertz CT molecular complexity index is 581. The van der Waals surface area contributed by atoms with E-state index in [-0.39, 0.29) is 5.92 Å². The van der Waals surface area contributed by atoms with E-state index in [0.717, 1.165) is 11.3 Å². The number of nitrogens with zero attached hydrogens (tertiary/aromatic N) is 1. The maximum atomic E-state index is 9.41. The van der Waals surface area contributed by atoms with Crippen LogP contribution in [0.25, 0.3) is 0 Å². The average molecular weight is 251 g/mol. The van der Waals surface area contributed by atoms with E-state index in [1.807, 2.05) is 24.3 Å². The zero-order valence-corrected chi connectivity index (χ0v) is 11.3. The summed E-state index contributed by atoms with van der Waals surface area (Å²) in [5.41, 5.74) is 3.35. The number of rotatable bonds is 4. The Morgan fingerprint density at radius 2 is 1.79 bits per heavy atom. The third-order valence-corrected chi connectivity index (χ3v) is 3.23. The second-order valence-electron chi connectivity index (χ2n) is 4.61. The largest absolute Gasteiger partial charge is 0.496 e. The van der Waals surface area contributed by atoms with Gasteiger partial charge in [0.1, 0.15) is 5.75 Å². The highest BCUT2D eigenvalue weighted by molar-refractivity contribution is 5.40. The molecular weight excluding hydrogens is 234 g/mol. The van der Waals surface area contributed by atoms with Crippen LogP contribution in [0.3, 0.4) is 0 Å². The second kappa shape index (κ2) is 6.06. The van der Waals surface area contributed by atoms with Gasteiger partial charge in [-0.1, -0.05) is 48.0 Å². The molecule has 0 spiro atoms. The summed E-state index contributed by atoms with van der Waals surface area (Å²) in [6, 6.07) is 18.4. The minimum absolute atomic E-state index is 0.182. The Kier molecular flexibility index (Phi) is 4.20. The van der Waals surface area contributed by atoms with Crippen molar-refractivity contribution in [2.24, 2.45) is 0 Å². The highest BCUT2D eigenvalue weighted by Crippen LogP contribution is 2.28. The summed E-state index contributed by atoms with van der Waals surface area (Å²) in [6.07, 6.45) is 0.706. The third kappa shape index (κ3) is 3.14. The molecule has 0 aliphatic carbocycles. The highest BCUT2D eigenvalue weighted by Gasteiger charge is 2.15. The first-order valence-electron chi connectivity index (χ1n) is 6.32. The van der Waals surface area contributed by atoms with Gasteiger partial charge in [-0.15, -0.1) is 0 Å². The number of para-hydroxylation sites is 1. The fourth-order valence-corrected chi connectivity index (χ4v) is 2.14. The second-order valence-corrected chi connectivity index (χ2v) is 4.61. The van der Waals surface area contributed by atoms with Crippen LogP contribution in [0.4, 0.5) is 0 Å². The molecule has 0 radical (unpaired) electrons. The van der Waals surface area contributed by atoms with Gasteiger partial charge < -0.3 is 4.74 Å². The molecule has 1 unspecified atom stereocenters. The van der Waals surface area contributed by atoms with E-state index in [2.05, 4.69) is 37.3 Å². The number of methoxy groups -OCH3 is 1. The Morgan fingerprint density at radius 3 is 2.42 bits per heavy atom. The molecule has 0 heterocycles. The molecule has 2 nitrogen and oxygen atoms in total. The van der Waals surface area contributed by atoms with Gasteiger partial charge in [0.2, 0.25) is 0 Å². The van der Waals surface area contributed by atoms with Crippen LogP contribution in [0.1, 0.15) is 22.6 Å².